The molecule has 0 fully saturated rings. The van der Waals surface area contributed by atoms with Gasteiger partial charge in [0.05, 0.1) is 16.1 Å². The summed E-state index contributed by atoms with van der Waals surface area (Å²) in [7, 11) is 0. The Hall–Kier alpha value is -3.30. The number of nitrogens with zero attached hydrogens (tertiary/aromatic N) is 2. The van der Waals surface area contributed by atoms with Crippen LogP contribution in [0.2, 0.25) is 0 Å². The number of aromatic amines is 1. The number of thiazole rings is 1. The lowest BCUT2D eigenvalue weighted by atomic mass is 10.1. The summed E-state index contributed by atoms with van der Waals surface area (Å²) in [5, 5.41) is 7.00. The molecular weight excluding hydrogens is 408 g/mol. The maximum absolute atomic E-state index is 12.4. The van der Waals surface area contributed by atoms with Crippen LogP contribution >= 0.6 is 22.7 Å². The number of hydrogen-bond acceptors (Lipinski definition) is 7. The molecule has 4 rings (SSSR count). The lowest BCUT2D eigenvalue weighted by Gasteiger charge is -2.12. The van der Waals surface area contributed by atoms with E-state index in [0.717, 1.165) is 16.1 Å². The van der Waals surface area contributed by atoms with Crippen molar-refractivity contribution in [2.75, 3.05) is 5.32 Å². The summed E-state index contributed by atoms with van der Waals surface area (Å²) in [6.45, 7) is 1.53. The van der Waals surface area contributed by atoms with Crippen LogP contribution in [0.1, 0.15) is 17.3 Å². The molecule has 1 atom stereocenters. The number of rotatable bonds is 6. The Morgan fingerprint density at radius 2 is 2.00 bits per heavy atom. The van der Waals surface area contributed by atoms with E-state index in [2.05, 4.69) is 20.3 Å². The van der Waals surface area contributed by atoms with E-state index in [1.807, 2.05) is 22.9 Å². The number of nitrogens with one attached hydrogen (secondary N) is 2. The van der Waals surface area contributed by atoms with Gasteiger partial charge in [-0.1, -0.05) is 18.2 Å². The van der Waals surface area contributed by atoms with Gasteiger partial charge in [0.15, 0.2) is 11.2 Å². The van der Waals surface area contributed by atoms with Gasteiger partial charge in [-0.25, -0.2) is 14.8 Å². The van der Waals surface area contributed by atoms with Crippen LogP contribution in [0.3, 0.4) is 0 Å². The fourth-order valence-corrected chi connectivity index (χ4v) is 4.02. The van der Waals surface area contributed by atoms with E-state index in [1.54, 1.807) is 48.0 Å². The average molecular weight is 425 g/mol. The maximum atomic E-state index is 12.4. The van der Waals surface area contributed by atoms with Crippen molar-refractivity contribution in [2.45, 2.75) is 13.0 Å². The molecule has 3 heterocycles. The quantitative estimate of drug-likeness (QED) is 0.446. The monoisotopic (exact) mass is 424 g/mol. The molecule has 2 N–H and O–H groups in total. The molecule has 0 bridgehead atoms. The molecule has 0 aliphatic carbocycles. The fraction of sp³-hybridized carbons (Fsp3) is 0.100. The standard InChI is InChI=1S/C20H16N4O3S2/c1-12(18(25)24-20-23-15(11-29-20)16-3-2-10-28-16)27-19(26)14-6-4-13(5-7-14)17-21-8-9-22-17/h2-12H,1H3,(H,21,22)(H,23,24,25). The molecule has 1 aromatic carbocycles. The number of carbonyl (C=O) groups excluding carboxylic acids is 2. The van der Waals surface area contributed by atoms with Crippen LogP contribution in [-0.4, -0.2) is 32.9 Å². The molecule has 0 spiro atoms. The Bertz CT molecular complexity index is 1100. The van der Waals surface area contributed by atoms with Crippen molar-refractivity contribution in [2.24, 2.45) is 0 Å². The van der Waals surface area contributed by atoms with E-state index >= 15 is 0 Å². The van der Waals surface area contributed by atoms with Crippen LogP contribution < -0.4 is 5.32 Å². The summed E-state index contributed by atoms with van der Waals surface area (Å²) < 4.78 is 5.28. The number of ether oxygens (including phenoxy) is 1. The summed E-state index contributed by atoms with van der Waals surface area (Å²) in [4.78, 5) is 37.3. The van der Waals surface area contributed by atoms with Gasteiger partial charge in [-0.15, -0.1) is 22.7 Å². The number of hydrogen-bond donors (Lipinski definition) is 2. The van der Waals surface area contributed by atoms with Gasteiger partial charge in [0, 0.05) is 23.3 Å². The highest BCUT2D eigenvalue weighted by Crippen LogP contribution is 2.28. The van der Waals surface area contributed by atoms with Crippen molar-refractivity contribution in [1.82, 2.24) is 15.0 Å². The smallest absolute Gasteiger partial charge is 0.338 e. The van der Waals surface area contributed by atoms with E-state index in [0.29, 0.717) is 16.5 Å². The molecule has 0 aliphatic rings. The highest BCUT2D eigenvalue weighted by atomic mass is 32.1. The van der Waals surface area contributed by atoms with Crippen LogP contribution in [0.5, 0.6) is 0 Å². The fourth-order valence-electron chi connectivity index (χ4n) is 2.55. The van der Waals surface area contributed by atoms with Gasteiger partial charge in [0.25, 0.3) is 5.91 Å². The zero-order valence-corrected chi connectivity index (χ0v) is 16.9. The minimum absolute atomic E-state index is 0.356. The molecule has 29 heavy (non-hydrogen) atoms. The van der Waals surface area contributed by atoms with Crippen molar-refractivity contribution >= 4 is 39.7 Å². The number of thiophene rings is 1. The largest absolute Gasteiger partial charge is 0.449 e. The average Bonchev–Trinajstić information content (AvgIpc) is 3.49. The van der Waals surface area contributed by atoms with E-state index in [4.69, 9.17) is 4.74 Å². The molecule has 0 saturated heterocycles. The van der Waals surface area contributed by atoms with Gasteiger partial charge in [0.2, 0.25) is 0 Å². The Kier molecular flexibility index (Phi) is 5.50. The first kappa shape index (κ1) is 19.0. The summed E-state index contributed by atoms with van der Waals surface area (Å²) >= 11 is 2.90. The molecule has 146 valence electrons. The molecule has 3 aromatic heterocycles. The summed E-state index contributed by atoms with van der Waals surface area (Å²) in [6.07, 6.45) is 2.43. The number of H-pyrrole nitrogens is 1. The Labute approximate surface area is 174 Å². The molecular formula is C20H16N4O3S2. The van der Waals surface area contributed by atoms with Gasteiger partial charge < -0.3 is 9.72 Å². The summed E-state index contributed by atoms with van der Waals surface area (Å²) in [6, 6.07) is 10.7. The highest BCUT2D eigenvalue weighted by molar-refractivity contribution is 7.16. The molecule has 7 nitrogen and oxygen atoms in total. The molecule has 0 radical (unpaired) electrons. The molecule has 1 unspecified atom stereocenters. The van der Waals surface area contributed by atoms with Crippen molar-refractivity contribution < 1.29 is 14.3 Å². The van der Waals surface area contributed by atoms with Gasteiger partial charge in [-0.05, 0) is 30.5 Å². The van der Waals surface area contributed by atoms with Crippen LogP contribution in [0, 0.1) is 0 Å². The zero-order chi connectivity index (χ0) is 20.2. The van der Waals surface area contributed by atoms with Gasteiger partial charge >= 0.3 is 5.97 Å². The van der Waals surface area contributed by atoms with E-state index in [9.17, 15) is 9.59 Å². The topological polar surface area (TPSA) is 97.0 Å². The number of esters is 1. The lowest BCUT2D eigenvalue weighted by Crippen LogP contribution is -2.29. The van der Waals surface area contributed by atoms with Crippen molar-refractivity contribution in [3.05, 3.63) is 65.1 Å². The summed E-state index contributed by atoms with van der Waals surface area (Å²) in [5.41, 5.74) is 2.01. The van der Waals surface area contributed by atoms with Gasteiger partial charge in [-0.3, -0.25) is 10.1 Å². The second-order valence-corrected chi connectivity index (χ2v) is 7.87. The Morgan fingerprint density at radius 3 is 2.69 bits per heavy atom. The Balaban J connectivity index is 1.35. The first-order valence-electron chi connectivity index (χ1n) is 8.71. The number of amides is 1. The minimum atomic E-state index is -0.957. The van der Waals surface area contributed by atoms with Crippen LogP contribution in [0.4, 0.5) is 5.13 Å². The molecule has 9 heteroatoms. The summed E-state index contributed by atoms with van der Waals surface area (Å²) in [5.74, 6) is -0.294. The van der Waals surface area contributed by atoms with Gasteiger partial charge in [-0.2, -0.15) is 0 Å². The van der Waals surface area contributed by atoms with Crippen molar-refractivity contribution in [3.8, 4) is 22.0 Å². The van der Waals surface area contributed by atoms with Crippen LogP contribution in [0.15, 0.2) is 59.6 Å². The van der Waals surface area contributed by atoms with E-state index < -0.39 is 18.0 Å². The number of carbonyl (C=O) groups is 2. The number of anilines is 1. The third-order valence-corrected chi connectivity index (χ3v) is 5.70. The van der Waals surface area contributed by atoms with E-state index in [-0.39, 0.29) is 0 Å². The lowest BCUT2D eigenvalue weighted by molar-refractivity contribution is -0.123. The maximum Gasteiger partial charge on any atom is 0.338 e. The van der Waals surface area contributed by atoms with Crippen molar-refractivity contribution in [3.63, 3.8) is 0 Å². The SMILES string of the molecule is CC(OC(=O)c1ccc(-c2ncc[nH]2)cc1)C(=O)Nc1nc(-c2cccs2)cs1. The number of aromatic nitrogens is 3. The van der Waals surface area contributed by atoms with Crippen molar-refractivity contribution in [1.29, 1.82) is 0 Å². The predicted octanol–water partition coefficient (Wildman–Crippen LogP) is 4.45. The zero-order valence-electron chi connectivity index (χ0n) is 15.3. The van der Waals surface area contributed by atoms with Gasteiger partial charge in [0.1, 0.15) is 5.82 Å². The first-order valence-corrected chi connectivity index (χ1v) is 10.5. The highest BCUT2D eigenvalue weighted by Gasteiger charge is 2.20. The number of imidazole rings is 1. The molecule has 0 saturated carbocycles. The molecule has 4 aromatic rings. The second-order valence-electron chi connectivity index (χ2n) is 6.07. The van der Waals surface area contributed by atoms with E-state index in [1.165, 1.54) is 18.3 Å². The van der Waals surface area contributed by atoms with Crippen LogP contribution in [0.25, 0.3) is 22.0 Å². The van der Waals surface area contributed by atoms with Crippen LogP contribution in [-0.2, 0) is 9.53 Å². The third-order valence-electron chi connectivity index (χ3n) is 4.05. The number of benzene rings is 1. The predicted molar refractivity (Wildman–Crippen MR) is 113 cm³/mol. The third kappa shape index (κ3) is 4.41. The normalized spacial score (nSPS) is 11.8. The molecule has 0 aliphatic heterocycles. The molecule has 1 amide bonds. The second kappa shape index (κ2) is 8.38. The Morgan fingerprint density at radius 1 is 1.17 bits per heavy atom. The minimum Gasteiger partial charge on any atom is -0.449 e. The first-order chi connectivity index (χ1) is 14.1.